The second-order valence-corrected chi connectivity index (χ2v) is 3.83. The topological polar surface area (TPSA) is 78.7 Å². The molecule has 17 heavy (non-hydrogen) atoms. The van der Waals surface area contributed by atoms with Crippen LogP contribution in [0.15, 0.2) is 18.2 Å². The van der Waals surface area contributed by atoms with Gasteiger partial charge in [0, 0.05) is 24.6 Å². The van der Waals surface area contributed by atoms with Gasteiger partial charge in [-0.15, -0.1) is 0 Å². The minimum Gasteiger partial charge on any atom is -0.486 e. The fraction of sp³-hybridized carbons (Fsp3) is 0.364. The molecule has 0 radical (unpaired) electrons. The molecule has 1 aliphatic heterocycles. The van der Waals surface area contributed by atoms with E-state index in [-0.39, 0.29) is 11.8 Å². The van der Waals surface area contributed by atoms with Crippen LogP contribution in [0.25, 0.3) is 0 Å². The van der Waals surface area contributed by atoms with Gasteiger partial charge < -0.3 is 9.47 Å². The number of nitrogens with zero attached hydrogens (tertiary/aromatic N) is 1. The van der Waals surface area contributed by atoms with Gasteiger partial charge in [0.1, 0.15) is 11.9 Å². The summed E-state index contributed by atoms with van der Waals surface area (Å²) in [5.41, 5.74) is 0.500. The summed E-state index contributed by atoms with van der Waals surface area (Å²) in [5.74, 6) is 0.0826. The average Bonchev–Trinajstić information content (AvgIpc) is 2.54. The summed E-state index contributed by atoms with van der Waals surface area (Å²) >= 11 is 0. The van der Waals surface area contributed by atoms with E-state index in [9.17, 15) is 14.9 Å². The molecule has 0 bridgehead atoms. The lowest BCUT2D eigenvalue weighted by Gasteiger charge is -2.14. The zero-order valence-corrected chi connectivity index (χ0v) is 9.38. The van der Waals surface area contributed by atoms with Crippen molar-refractivity contribution in [2.45, 2.75) is 26.1 Å². The van der Waals surface area contributed by atoms with Crippen LogP contribution in [0.5, 0.6) is 5.75 Å². The fourth-order valence-electron chi connectivity index (χ4n) is 1.83. The highest BCUT2D eigenvalue weighted by molar-refractivity contribution is 5.67. The molecule has 1 aromatic carbocycles. The highest BCUT2D eigenvalue weighted by Crippen LogP contribution is 2.40. The lowest BCUT2D eigenvalue weighted by Crippen LogP contribution is -2.19. The summed E-state index contributed by atoms with van der Waals surface area (Å²) in [6.07, 6.45) is -0.918. The maximum atomic E-state index is 11.0. The molecular formula is C11H11NO5. The number of nitro groups is 1. The molecule has 0 spiro atoms. The summed E-state index contributed by atoms with van der Waals surface area (Å²) in [7, 11) is 0. The van der Waals surface area contributed by atoms with E-state index >= 15 is 0 Å². The predicted molar refractivity (Wildman–Crippen MR) is 57.7 cm³/mol. The van der Waals surface area contributed by atoms with Crippen LogP contribution in [0, 0.1) is 10.1 Å². The maximum Gasteiger partial charge on any atom is 0.303 e. The van der Waals surface area contributed by atoms with Crippen molar-refractivity contribution in [2.24, 2.45) is 0 Å². The van der Waals surface area contributed by atoms with Gasteiger partial charge in [0.25, 0.3) is 5.69 Å². The molecule has 0 saturated heterocycles. The molecule has 6 nitrogen and oxygen atoms in total. The molecule has 0 amide bonds. The van der Waals surface area contributed by atoms with E-state index in [1.54, 1.807) is 6.92 Å². The highest BCUT2D eigenvalue weighted by atomic mass is 16.6. The van der Waals surface area contributed by atoms with Crippen LogP contribution in [-0.4, -0.2) is 17.0 Å². The first kappa shape index (κ1) is 11.4. The van der Waals surface area contributed by atoms with Crippen molar-refractivity contribution >= 4 is 11.7 Å². The molecule has 0 saturated carbocycles. The Balaban J connectivity index is 2.39. The standard InChI is InChI=1S/C11H11NO5/c1-6-11(17-7(2)13)9-5-8(12(14)15)3-4-10(9)16-6/h3-6,11H,1-2H3. The number of carbonyl (C=O) groups excluding carboxylic acids is 1. The number of carbonyl (C=O) groups is 1. The van der Waals surface area contributed by atoms with Crippen LogP contribution in [0.2, 0.25) is 0 Å². The molecule has 6 heteroatoms. The predicted octanol–water partition coefficient (Wildman–Crippen LogP) is 1.98. The smallest absolute Gasteiger partial charge is 0.303 e. The number of fused-ring (bicyclic) bond motifs is 1. The van der Waals surface area contributed by atoms with Gasteiger partial charge in [-0.25, -0.2) is 0 Å². The number of rotatable bonds is 2. The largest absolute Gasteiger partial charge is 0.486 e. The van der Waals surface area contributed by atoms with E-state index in [0.29, 0.717) is 11.3 Å². The van der Waals surface area contributed by atoms with Crippen molar-refractivity contribution < 1.29 is 19.2 Å². The van der Waals surface area contributed by atoms with E-state index in [0.717, 1.165) is 0 Å². The molecular weight excluding hydrogens is 226 g/mol. The number of ether oxygens (including phenoxy) is 2. The van der Waals surface area contributed by atoms with Crippen molar-refractivity contribution in [3.8, 4) is 5.75 Å². The van der Waals surface area contributed by atoms with Gasteiger partial charge in [0.15, 0.2) is 6.10 Å². The van der Waals surface area contributed by atoms with Gasteiger partial charge in [0.2, 0.25) is 0 Å². The van der Waals surface area contributed by atoms with Crippen molar-refractivity contribution in [3.63, 3.8) is 0 Å². The lowest BCUT2D eigenvalue weighted by atomic mass is 10.1. The summed E-state index contributed by atoms with van der Waals surface area (Å²) in [4.78, 5) is 21.1. The summed E-state index contributed by atoms with van der Waals surface area (Å²) in [6, 6.07) is 4.27. The third-order valence-corrected chi connectivity index (χ3v) is 2.54. The molecule has 0 N–H and O–H groups in total. The molecule has 0 aromatic heterocycles. The number of benzene rings is 1. The first-order valence-corrected chi connectivity index (χ1v) is 5.11. The van der Waals surface area contributed by atoms with Gasteiger partial charge in [-0.05, 0) is 13.0 Å². The summed E-state index contributed by atoms with van der Waals surface area (Å²) in [6.45, 7) is 3.04. The second-order valence-electron chi connectivity index (χ2n) is 3.83. The Morgan fingerprint density at radius 2 is 2.24 bits per heavy atom. The van der Waals surface area contributed by atoms with E-state index in [4.69, 9.17) is 9.47 Å². The molecule has 1 aliphatic rings. The minimum absolute atomic E-state index is 0.0430. The van der Waals surface area contributed by atoms with Crippen LogP contribution >= 0.6 is 0 Å². The molecule has 90 valence electrons. The molecule has 2 unspecified atom stereocenters. The quantitative estimate of drug-likeness (QED) is 0.446. The number of hydrogen-bond acceptors (Lipinski definition) is 5. The first-order valence-electron chi connectivity index (χ1n) is 5.11. The van der Waals surface area contributed by atoms with Crippen molar-refractivity contribution in [2.75, 3.05) is 0 Å². The SMILES string of the molecule is CC(=O)OC1c2cc([N+](=O)[O-])ccc2OC1C. The lowest BCUT2D eigenvalue weighted by molar-refractivity contribution is -0.385. The molecule has 0 aliphatic carbocycles. The number of hydrogen-bond donors (Lipinski definition) is 0. The Hall–Kier alpha value is -2.11. The minimum atomic E-state index is -0.581. The Labute approximate surface area is 97.3 Å². The van der Waals surface area contributed by atoms with Gasteiger partial charge in [-0.2, -0.15) is 0 Å². The normalized spacial score (nSPS) is 21.5. The van der Waals surface area contributed by atoms with Crippen LogP contribution in [-0.2, 0) is 9.53 Å². The Morgan fingerprint density at radius 3 is 2.82 bits per heavy atom. The number of esters is 1. The van der Waals surface area contributed by atoms with E-state index < -0.39 is 17.0 Å². The average molecular weight is 237 g/mol. The van der Waals surface area contributed by atoms with Gasteiger partial charge in [0.05, 0.1) is 4.92 Å². The first-order chi connectivity index (χ1) is 7.99. The monoisotopic (exact) mass is 237 g/mol. The van der Waals surface area contributed by atoms with Crippen LogP contribution < -0.4 is 4.74 Å². The molecule has 0 fully saturated rings. The highest BCUT2D eigenvalue weighted by Gasteiger charge is 2.35. The zero-order chi connectivity index (χ0) is 12.6. The van der Waals surface area contributed by atoms with Crippen LogP contribution in [0.4, 0.5) is 5.69 Å². The van der Waals surface area contributed by atoms with Gasteiger partial charge >= 0.3 is 5.97 Å². The van der Waals surface area contributed by atoms with Crippen molar-refractivity contribution in [3.05, 3.63) is 33.9 Å². The Kier molecular flexibility index (Phi) is 2.71. The molecule has 1 aromatic rings. The van der Waals surface area contributed by atoms with Crippen molar-refractivity contribution in [1.82, 2.24) is 0 Å². The summed E-state index contributed by atoms with van der Waals surface area (Å²) in [5, 5.41) is 10.7. The third-order valence-electron chi connectivity index (χ3n) is 2.54. The van der Waals surface area contributed by atoms with E-state index in [2.05, 4.69) is 0 Å². The number of nitro benzene ring substituents is 1. The van der Waals surface area contributed by atoms with Crippen LogP contribution in [0.1, 0.15) is 25.5 Å². The maximum absolute atomic E-state index is 11.0. The van der Waals surface area contributed by atoms with E-state index in [1.165, 1.54) is 25.1 Å². The van der Waals surface area contributed by atoms with Crippen LogP contribution in [0.3, 0.4) is 0 Å². The molecule has 2 rings (SSSR count). The van der Waals surface area contributed by atoms with Gasteiger partial charge in [-0.1, -0.05) is 0 Å². The summed E-state index contributed by atoms with van der Waals surface area (Å²) < 4.78 is 10.6. The second kappa shape index (κ2) is 4.04. The van der Waals surface area contributed by atoms with Gasteiger partial charge in [-0.3, -0.25) is 14.9 Å². The third kappa shape index (κ3) is 2.06. The Morgan fingerprint density at radius 1 is 1.53 bits per heavy atom. The number of non-ortho nitro benzene ring substituents is 1. The fourth-order valence-corrected chi connectivity index (χ4v) is 1.83. The molecule has 1 heterocycles. The van der Waals surface area contributed by atoms with E-state index in [1.807, 2.05) is 0 Å². The van der Waals surface area contributed by atoms with Crippen molar-refractivity contribution in [1.29, 1.82) is 0 Å². The Bertz CT molecular complexity index is 485. The zero-order valence-electron chi connectivity index (χ0n) is 9.38. The molecule has 2 atom stereocenters.